The second-order valence-electron chi connectivity index (χ2n) is 6.88. The summed E-state index contributed by atoms with van der Waals surface area (Å²) in [4.78, 5) is 2.24. The van der Waals surface area contributed by atoms with Crippen LogP contribution in [0, 0.1) is 12.8 Å². The van der Waals surface area contributed by atoms with Crippen molar-refractivity contribution in [3.63, 3.8) is 0 Å². The zero-order chi connectivity index (χ0) is 17.2. The normalized spacial score (nSPS) is 19.9. The lowest BCUT2D eigenvalue weighted by Crippen LogP contribution is -2.21. The maximum Gasteiger partial charge on any atom is 0.150 e. The molecule has 2 aromatic rings. The van der Waals surface area contributed by atoms with Crippen molar-refractivity contribution in [2.75, 3.05) is 25.1 Å². The molecule has 0 radical (unpaired) electrons. The molecule has 1 saturated heterocycles. The highest BCUT2D eigenvalue weighted by molar-refractivity contribution is 7.91. The van der Waals surface area contributed by atoms with Crippen molar-refractivity contribution in [1.82, 2.24) is 14.7 Å². The van der Waals surface area contributed by atoms with Gasteiger partial charge in [0.1, 0.15) is 0 Å². The molecule has 3 rings (SSSR count). The lowest BCUT2D eigenvalue weighted by Gasteiger charge is -2.17. The van der Waals surface area contributed by atoms with E-state index in [9.17, 15) is 8.42 Å². The Morgan fingerprint density at radius 1 is 1.33 bits per heavy atom. The topological polar surface area (TPSA) is 55.2 Å². The highest BCUT2D eigenvalue weighted by Crippen LogP contribution is 2.22. The Bertz CT molecular complexity index is 798. The van der Waals surface area contributed by atoms with Gasteiger partial charge in [0, 0.05) is 18.3 Å². The number of benzene rings is 1. The first-order chi connectivity index (χ1) is 11.4. The summed E-state index contributed by atoms with van der Waals surface area (Å²) >= 11 is 0. The van der Waals surface area contributed by atoms with Crippen LogP contribution >= 0.6 is 0 Å². The van der Waals surface area contributed by atoms with Gasteiger partial charge in [0.2, 0.25) is 0 Å². The van der Waals surface area contributed by atoms with Crippen molar-refractivity contribution >= 4 is 9.84 Å². The molecule has 1 aromatic carbocycles. The van der Waals surface area contributed by atoms with Crippen LogP contribution in [0.25, 0.3) is 5.69 Å². The van der Waals surface area contributed by atoms with Crippen molar-refractivity contribution < 1.29 is 8.42 Å². The molecule has 130 valence electrons. The molecule has 24 heavy (non-hydrogen) atoms. The summed E-state index contributed by atoms with van der Waals surface area (Å²) in [5.74, 6) is 1.06. The number of sulfone groups is 1. The van der Waals surface area contributed by atoms with Gasteiger partial charge in [-0.3, -0.25) is 0 Å². The SMILES string of the molecule is Cc1ccccc1-n1cc(CN(C)CC[C@H]2CCS(=O)(=O)C2)cn1. The fourth-order valence-corrected chi connectivity index (χ4v) is 5.20. The second-order valence-corrected chi connectivity index (χ2v) is 9.10. The van der Waals surface area contributed by atoms with Crippen LogP contribution in [0.15, 0.2) is 36.7 Å². The zero-order valence-electron chi connectivity index (χ0n) is 14.4. The van der Waals surface area contributed by atoms with Crippen LogP contribution in [0.3, 0.4) is 0 Å². The average molecular weight is 347 g/mol. The van der Waals surface area contributed by atoms with Crippen LogP contribution in [-0.4, -0.2) is 48.2 Å². The fourth-order valence-electron chi connectivity index (χ4n) is 3.29. The van der Waals surface area contributed by atoms with E-state index in [0.29, 0.717) is 17.4 Å². The highest BCUT2D eigenvalue weighted by Gasteiger charge is 2.27. The summed E-state index contributed by atoms with van der Waals surface area (Å²) in [6.07, 6.45) is 5.74. The number of aryl methyl sites for hydroxylation is 1. The zero-order valence-corrected chi connectivity index (χ0v) is 15.2. The quantitative estimate of drug-likeness (QED) is 0.805. The molecule has 0 spiro atoms. The van der Waals surface area contributed by atoms with Gasteiger partial charge in [-0.25, -0.2) is 13.1 Å². The maximum absolute atomic E-state index is 11.5. The molecule has 1 fully saturated rings. The van der Waals surface area contributed by atoms with E-state index in [4.69, 9.17) is 0 Å². The summed E-state index contributed by atoms with van der Waals surface area (Å²) in [5, 5.41) is 4.47. The van der Waals surface area contributed by atoms with Gasteiger partial charge in [0.25, 0.3) is 0 Å². The molecule has 1 aliphatic heterocycles. The number of hydrogen-bond acceptors (Lipinski definition) is 4. The molecular formula is C18H25N3O2S. The van der Waals surface area contributed by atoms with E-state index < -0.39 is 9.84 Å². The van der Waals surface area contributed by atoms with Crippen molar-refractivity contribution in [3.05, 3.63) is 47.8 Å². The van der Waals surface area contributed by atoms with Crippen LogP contribution in [-0.2, 0) is 16.4 Å². The Balaban J connectivity index is 1.54. The van der Waals surface area contributed by atoms with Gasteiger partial charge >= 0.3 is 0 Å². The minimum atomic E-state index is -2.77. The molecule has 0 bridgehead atoms. The number of rotatable bonds is 6. The molecular weight excluding hydrogens is 322 g/mol. The van der Waals surface area contributed by atoms with Crippen LogP contribution in [0.5, 0.6) is 0 Å². The Morgan fingerprint density at radius 3 is 2.83 bits per heavy atom. The summed E-state index contributed by atoms with van der Waals surface area (Å²) in [6.45, 7) is 3.82. The first-order valence-electron chi connectivity index (χ1n) is 8.41. The van der Waals surface area contributed by atoms with E-state index in [1.54, 1.807) is 0 Å². The van der Waals surface area contributed by atoms with Crippen molar-refractivity contribution in [1.29, 1.82) is 0 Å². The molecule has 0 aliphatic carbocycles. The summed E-state index contributed by atoms with van der Waals surface area (Å²) in [5.41, 5.74) is 3.46. The first kappa shape index (κ1) is 17.2. The molecule has 1 aromatic heterocycles. The molecule has 0 saturated carbocycles. The molecule has 2 heterocycles. The molecule has 0 N–H and O–H groups in total. The van der Waals surface area contributed by atoms with E-state index in [2.05, 4.69) is 42.3 Å². The van der Waals surface area contributed by atoms with Gasteiger partial charge in [-0.2, -0.15) is 5.10 Å². The average Bonchev–Trinajstić information content (AvgIpc) is 3.12. The first-order valence-corrected chi connectivity index (χ1v) is 10.2. The van der Waals surface area contributed by atoms with Gasteiger partial charge in [-0.1, -0.05) is 18.2 Å². The highest BCUT2D eigenvalue weighted by atomic mass is 32.2. The monoisotopic (exact) mass is 347 g/mol. The predicted molar refractivity (Wildman–Crippen MR) is 96.0 cm³/mol. The van der Waals surface area contributed by atoms with E-state index in [-0.39, 0.29) is 0 Å². The third-order valence-electron chi connectivity index (χ3n) is 4.70. The van der Waals surface area contributed by atoms with Crippen LogP contribution in [0.2, 0.25) is 0 Å². The predicted octanol–water partition coefficient (Wildman–Crippen LogP) is 2.44. The smallest absolute Gasteiger partial charge is 0.150 e. The molecule has 0 amide bonds. The van der Waals surface area contributed by atoms with Gasteiger partial charge in [-0.05, 0) is 50.9 Å². The second kappa shape index (κ2) is 7.07. The summed E-state index contributed by atoms with van der Waals surface area (Å²) in [7, 11) is -0.688. The van der Waals surface area contributed by atoms with Gasteiger partial charge in [0.05, 0.1) is 23.4 Å². The number of nitrogens with zero attached hydrogens (tertiary/aromatic N) is 3. The lowest BCUT2D eigenvalue weighted by atomic mass is 10.1. The number of hydrogen-bond donors (Lipinski definition) is 0. The van der Waals surface area contributed by atoms with E-state index in [1.807, 2.05) is 23.0 Å². The standard InChI is InChI=1S/C18H25N3O2S/c1-15-5-3-4-6-18(15)21-13-17(11-19-21)12-20(2)9-7-16-8-10-24(22,23)14-16/h3-6,11,13,16H,7-10,12,14H2,1-2H3/t16-/m0/s1. The molecule has 1 aliphatic rings. The van der Waals surface area contributed by atoms with E-state index >= 15 is 0 Å². The molecule has 0 unspecified atom stereocenters. The van der Waals surface area contributed by atoms with Gasteiger partial charge in [0.15, 0.2) is 9.84 Å². The van der Waals surface area contributed by atoms with Crippen LogP contribution < -0.4 is 0 Å². The van der Waals surface area contributed by atoms with Gasteiger partial charge in [-0.15, -0.1) is 0 Å². The Hall–Kier alpha value is -1.66. The van der Waals surface area contributed by atoms with Crippen molar-refractivity contribution in [2.24, 2.45) is 5.92 Å². The number of para-hydroxylation sites is 1. The molecule has 5 nitrogen and oxygen atoms in total. The minimum Gasteiger partial charge on any atom is -0.302 e. The number of aromatic nitrogens is 2. The fraction of sp³-hybridized carbons (Fsp3) is 0.500. The summed E-state index contributed by atoms with van der Waals surface area (Å²) in [6, 6.07) is 8.19. The van der Waals surface area contributed by atoms with E-state index in [1.165, 1.54) is 11.1 Å². The minimum absolute atomic E-state index is 0.326. The Kier molecular flexibility index (Phi) is 5.06. The largest absolute Gasteiger partial charge is 0.302 e. The Labute approximate surface area is 144 Å². The molecule has 6 heteroatoms. The lowest BCUT2D eigenvalue weighted by molar-refractivity contribution is 0.300. The third kappa shape index (κ3) is 4.24. The van der Waals surface area contributed by atoms with Crippen LogP contribution in [0.1, 0.15) is 24.0 Å². The van der Waals surface area contributed by atoms with Gasteiger partial charge < -0.3 is 4.90 Å². The third-order valence-corrected chi connectivity index (χ3v) is 6.53. The Morgan fingerprint density at radius 2 is 2.12 bits per heavy atom. The summed E-state index contributed by atoms with van der Waals surface area (Å²) < 4.78 is 25.0. The van der Waals surface area contributed by atoms with Crippen molar-refractivity contribution in [3.8, 4) is 5.69 Å². The van der Waals surface area contributed by atoms with E-state index in [0.717, 1.165) is 31.6 Å². The maximum atomic E-state index is 11.5. The van der Waals surface area contributed by atoms with Crippen molar-refractivity contribution in [2.45, 2.75) is 26.3 Å². The molecule has 1 atom stereocenters. The van der Waals surface area contributed by atoms with Crippen LogP contribution in [0.4, 0.5) is 0 Å².